The van der Waals surface area contributed by atoms with Gasteiger partial charge in [-0.1, -0.05) is 47.5 Å². The summed E-state index contributed by atoms with van der Waals surface area (Å²) < 4.78 is 16.8. The van der Waals surface area contributed by atoms with E-state index in [2.05, 4.69) is 0 Å². The van der Waals surface area contributed by atoms with E-state index in [1.165, 1.54) is 0 Å². The number of hydrogen-bond donors (Lipinski definition) is 0. The Kier molecular flexibility index (Phi) is 5.47. The molecule has 4 rings (SSSR count). The Bertz CT molecular complexity index is 1120. The number of benzene rings is 3. The molecule has 0 bridgehead atoms. The second kappa shape index (κ2) is 8.19. The molecule has 1 aliphatic heterocycles. The first-order valence-electron chi connectivity index (χ1n) is 8.83. The van der Waals surface area contributed by atoms with E-state index in [0.29, 0.717) is 39.3 Å². The van der Waals surface area contributed by atoms with Crippen molar-refractivity contribution in [2.75, 3.05) is 7.11 Å². The third kappa shape index (κ3) is 4.09. The van der Waals surface area contributed by atoms with Gasteiger partial charge in [0.15, 0.2) is 5.76 Å². The normalized spacial score (nSPS) is 13.9. The first-order valence-corrected chi connectivity index (χ1v) is 9.59. The Balaban J connectivity index is 1.52. The molecule has 0 atom stereocenters. The minimum absolute atomic E-state index is 0.189. The van der Waals surface area contributed by atoms with Crippen LogP contribution in [0.1, 0.15) is 21.5 Å². The quantitative estimate of drug-likeness (QED) is 0.455. The summed E-state index contributed by atoms with van der Waals surface area (Å²) in [6, 6.07) is 18.0. The van der Waals surface area contributed by atoms with Crippen LogP contribution in [0.3, 0.4) is 0 Å². The minimum Gasteiger partial charge on any atom is -0.497 e. The Hall–Kier alpha value is -2.95. The fraction of sp³-hybridized carbons (Fsp3) is 0.0870. The highest BCUT2D eigenvalue weighted by Crippen LogP contribution is 2.36. The summed E-state index contributed by atoms with van der Waals surface area (Å²) in [5.74, 6) is 1.79. The van der Waals surface area contributed by atoms with Crippen LogP contribution in [-0.4, -0.2) is 12.9 Å². The first-order chi connectivity index (χ1) is 14.0. The molecule has 0 saturated heterocycles. The van der Waals surface area contributed by atoms with Crippen LogP contribution < -0.4 is 14.2 Å². The zero-order chi connectivity index (χ0) is 20.4. The van der Waals surface area contributed by atoms with Crippen molar-refractivity contribution in [1.29, 1.82) is 0 Å². The molecular formula is C23H16Cl2O4. The van der Waals surface area contributed by atoms with Gasteiger partial charge in [0.2, 0.25) is 5.78 Å². The number of Topliss-reactive ketones (excluding diaryl/α,β-unsaturated/α-hetero) is 1. The molecule has 0 aliphatic carbocycles. The number of halogens is 2. The molecule has 0 saturated carbocycles. The molecule has 0 amide bonds. The Labute approximate surface area is 178 Å². The lowest BCUT2D eigenvalue weighted by molar-refractivity contribution is 0.101. The third-order valence-corrected chi connectivity index (χ3v) is 5.28. The highest BCUT2D eigenvalue weighted by molar-refractivity contribution is 6.43. The number of carbonyl (C=O) groups excluding carboxylic acids is 1. The standard InChI is InChI=1S/C23H16Cl2O4/c1-27-16-6-2-4-14(10-16)13-28-17-8-9-18-20(12-17)29-21(23(18)26)11-15-5-3-7-19(24)22(15)25/h2-12H,13H2,1H3/b21-11-. The average Bonchev–Trinajstić information content (AvgIpc) is 3.05. The van der Waals surface area contributed by atoms with Gasteiger partial charge in [-0.2, -0.15) is 0 Å². The molecule has 0 spiro atoms. The summed E-state index contributed by atoms with van der Waals surface area (Å²) in [5.41, 5.74) is 2.06. The predicted octanol–water partition coefficient (Wildman–Crippen LogP) is 6.20. The van der Waals surface area contributed by atoms with Crippen LogP contribution >= 0.6 is 23.2 Å². The molecule has 0 fully saturated rings. The largest absolute Gasteiger partial charge is 0.497 e. The van der Waals surface area contributed by atoms with Crippen molar-refractivity contribution in [1.82, 2.24) is 0 Å². The Morgan fingerprint density at radius 1 is 1.00 bits per heavy atom. The SMILES string of the molecule is COc1cccc(COc2ccc3c(c2)O/C(=C\c2cccc(Cl)c2Cl)C3=O)c1. The van der Waals surface area contributed by atoms with Crippen LogP contribution in [0.4, 0.5) is 0 Å². The van der Waals surface area contributed by atoms with Crippen molar-refractivity contribution < 1.29 is 19.0 Å². The van der Waals surface area contributed by atoms with Gasteiger partial charge in [0.05, 0.1) is 22.7 Å². The zero-order valence-corrected chi connectivity index (χ0v) is 17.0. The average molecular weight is 427 g/mol. The maximum absolute atomic E-state index is 12.6. The Morgan fingerprint density at radius 2 is 1.83 bits per heavy atom. The molecule has 1 heterocycles. The molecule has 6 heteroatoms. The lowest BCUT2D eigenvalue weighted by Gasteiger charge is -2.08. The molecule has 3 aromatic rings. The molecule has 0 N–H and O–H groups in total. The maximum Gasteiger partial charge on any atom is 0.231 e. The van der Waals surface area contributed by atoms with E-state index in [4.69, 9.17) is 37.4 Å². The Morgan fingerprint density at radius 3 is 2.66 bits per heavy atom. The number of rotatable bonds is 5. The van der Waals surface area contributed by atoms with Crippen molar-refractivity contribution in [2.45, 2.75) is 6.61 Å². The highest BCUT2D eigenvalue weighted by Gasteiger charge is 2.28. The van der Waals surface area contributed by atoms with Gasteiger partial charge < -0.3 is 14.2 Å². The van der Waals surface area contributed by atoms with E-state index in [-0.39, 0.29) is 11.5 Å². The molecular weight excluding hydrogens is 411 g/mol. The maximum atomic E-state index is 12.6. The highest BCUT2D eigenvalue weighted by atomic mass is 35.5. The second-order valence-electron chi connectivity index (χ2n) is 6.38. The number of allylic oxidation sites excluding steroid dienone is 1. The molecule has 146 valence electrons. The van der Waals surface area contributed by atoms with Gasteiger partial charge in [-0.05, 0) is 47.5 Å². The molecule has 0 radical (unpaired) electrons. The summed E-state index contributed by atoms with van der Waals surface area (Å²) in [6.07, 6.45) is 1.59. The summed E-state index contributed by atoms with van der Waals surface area (Å²) in [5, 5.41) is 0.786. The third-order valence-electron chi connectivity index (χ3n) is 4.45. The van der Waals surface area contributed by atoms with E-state index in [9.17, 15) is 4.79 Å². The number of ether oxygens (including phenoxy) is 3. The van der Waals surface area contributed by atoms with Gasteiger partial charge in [0.25, 0.3) is 0 Å². The second-order valence-corrected chi connectivity index (χ2v) is 7.17. The monoisotopic (exact) mass is 426 g/mol. The fourth-order valence-electron chi connectivity index (χ4n) is 2.96. The lowest BCUT2D eigenvalue weighted by atomic mass is 10.1. The molecule has 29 heavy (non-hydrogen) atoms. The van der Waals surface area contributed by atoms with Crippen molar-refractivity contribution >= 4 is 35.1 Å². The minimum atomic E-state index is -0.213. The molecule has 0 unspecified atom stereocenters. The van der Waals surface area contributed by atoms with E-state index >= 15 is 0 Å². The molecule has 3 aromatic carbocycles. The van der Waals surface area contributed by atoms with E-state index < -0.39 is 0 Å². The molecule has 4 nitrogen and oxygen atoms in total. The first kappa shape index (κ1) is 19.4. The fourth-order valence-corrected chi connectivity index (χ4v) is 3.32. The summed E-state index contributed by atoms with van der Waals surface area (Å²) in [4.78, 5) is 12.6. The topological polar surface area (TPSA) is 44.8 Å². The predicted molar refractivity (Wildman–Crippen MR) is 113 cm³/mol. The van der Waals surface area contributed by atoms with Gasteiger partial charge in [-0.15, -0.1) is 0 Å². The summed E-state index contributed by atoms with van der Waals surface area (Å²) in [6.45, 7) is 0.366. The van der Waals surface area contributed by atoms with Gasteiger partial charge in [0, 0.05) is 6.07 Å². The smallest absolute Gasteiger partial charge is 0.231 e. The molecule has 1 aliphatic rings. The number of hydrogen-bond acceptors (Lipinski definition) is 4. The van der Waals surface area contributed by atoms with Crippen LogP contribution in [-0.2, 0) is 6.61 Å². The van der Waals surface area contributed by atoms with Crippen molar-refractivity contribution in [3.8, 4) is 17.2 Å². The lowest BCUT2D eigenvalue weighted by Crippen LogP contribution is -1.98. The zero-order valence-electron chi connectivity index (χ0n) is 15.4. The van der Waals surface area contributed by atoms with Crippen LogP contribution in [0.25, 0.3) is 6.08 Å². The number of fused-ring (bicyclic) bond motifs is 1. The van der Waals surface area contributed by atoms with Crippen LogP contribution in [0.15, 0.2) is 66.4 Å². The van der Waals surface area contributed by atoms with Gasteiger partial charge in [0.1, 0.15) is 23.9 Å². The number of carbonyl (C=O) groups is 1. The van der Waals surface area contributed by atoms with Crippen LogP contribution in [0, 0.1) is 0 Å². The van der Waals surface area contributed by atoms with Crippen molar-refractivity contribution in [3.63, 3.8) is 0 Å². The van der Waals surface area contributed by atoms with Gasteiger partial charge in [-0.25, -0.2) is 0 Å². The van der Waals surface area contributed by atoms with Crippen molar-refractivity contribution in [3.05, 3.63) is 93.2 Å². The summed E-state index contributed by atoms with van der Waals surface area (Å²) in [7, 11) is 1.62. The van der Waals surface area contributed by atoms with Gasteiger partial charge in [-0.3, -0.25) is 4.79 Å². The summed E-state index contributed by atoms with van der Waals surface area (Å²) >= 11 is 12.2. The number of ketones is 1. The van der Waals surface area contributed by atoms with E-state index in [1.54, 1.807) is 49.6 Å². The van der Waals surface area contributed by atoms with Crippen molar-refractivity contribution in [2.24, 2.45) is 0 Å². The van der Waals surface area contributed by atoms with Crippen LogP contribution in [0.5, 0.6) is 17.2 Å². The molecule has 0 aromatic heterocycles. The van der Waals surface area contributed by atoms with Gasteiger partial charge >= 0.3 is 0 Å². The van der Waals surface area contributed by atoms with E-state index in [1.807, 2.05) is 24.3 Å². The van der Waals surface area contributed by atoms with Crippen LogP contribution in [0.2, 0.25) is 10.0 Å². The number of methoxy groups -OCH3 is 1. The van der Waals surface area contributed by atoms with E-state index in [0.717, 1.165) is 11.3 Å².